The highest BCUT2D eigenvalue weighted by atomic mass is 19.4. The van der Waals surface area contributed by atoms with Crippen LogP contribution in [0.25, 0.3) is 6.08 Å². The second kappa shape index (κ2) is 8.18. The van der Waals surface area contributed by atoms with Crippen molar-refractivity contribution in [2.75, 3.05) is 13.7 Å². The highest BCUT2D eigenvalue weighted by molar-refractivity contribution is 6.07. The third-order valence-electron chi connectivity index (χ3n) is 3.76. The maximum atomic E-state index is 12.2. The van der Waals surface area contributed by atoms with Gasteiger partial charge in [-0.15, -0.1) is 0 Å². The number of halogens is 3. The number of ketones is 1. The lowest BCUT2D eigenvalue weighted by Gasteiger charge is -2.11. The minimum absolute atomic E-state index is 0.207. The number of carbonyl (C=O) groups is 1. The number of allylic oxidation sites excluding steroid dienone is 1. The molecule has 1 aromatic carbocycles. The van der Waals surface area contributed by atoms with Gasteiger partial charge >= 0.3 is 6.18 Å². The van der Waals surface area contributed by atoms with E-state index in [9.17, 15) is 18.0 Å². The van der Waals surface area contributed by atoms with Crippen LogP contribution < -0.4 is 4.74 Å². The molecule has 0 aliphatic heterocycles. The fourth-order valence-corrected chi connectivity index (χ4v) is 2.29. The molecule has 0 aliphatic rings. The van der Waals surface area contributed by atoms with Crippen LogP contribution in [0.5, 0.6) is 5.75 Å². The number of carbonyl (C=O) groups excluding carboxylic acids is 1. The standard InChI is InChI=1S/C18H19F3N2O3/c1-12-15(9-22-23(12)2)16(24)6-4-13-5-7-17(25-3)14(8-13)10-26-11-18(19,20)21/h4-9H,10-11H2,1-3H3/b6-4+. The molecule has 26 heavy (non-hydrogen) atoms. The van der Waals surface area contributed by atoms with Gasteiger partial charge in [0.05, 0.1) is 25.5 Å². The molecular weight excluding hydrogens is 349 g/mol. The first kappa shape index (κ1) is 19.7. The third kappa shape index (κ3) is 5.19. The Morgan fingerprint density at radius 1 is 1.35 bits per heavy atom. The lowest BCUT2D eigenvalue weighted by Crippen LogP contribution is -2.16. The molecule has 0 unspecified atom stereocenters. The number of nitrogens with zero attached hydrogens (tertiary/aromatic N) is 2. The molecule has 0 fully saturated rings. The molecule has 8 heteroatoms. The van der Waals surface area contributed by atoms with Gasteiger partial charge in [0.25, 0.3) is 0 Å². The van der Waals surface area contributed by atoms with Crippen molar-refractivity contribution in [3.05, 3.63) is 52.9 Å². The van der Waals surface area contributed by atoms with Gasteiger partial charge in [-0.1, -0.05) is 12.1 Å². The summed E-state index contributed by atoms with van der Waals surface area (Å²) in [5.41, 5.74) is 2.34. The van der Waals surface area contributed by atoms with E-state index in [0.717, 1.165) is 5.69 Å². The lowest BCUT2D eigenvalue weighted by molar-refractivity contribution is -0.176. The zero-order valence-electron chi connectivity index (χ0n) is 14.6. The summed E-state index contributed by atoms with van der Waals surface area (Å²) in [7, 11) is 3.17. The second-order valence-corrected chi connectivity index (χ2v) is 5.64. The number of alkyl halides is 3. The van der Waals surface area contributed by atoms with E-state index in [-0.39, 0.29) is 12.4 Å². The van der Waals surface area contributed by atoms with E-state index in [0.29, 0.717) is 22.4 Å². The number of aryl methyl sites for hydroxylation is 1. The van der Waals surface area contributed by atoms with Crippen LogP contribution in [0, 0.1) is 6.92 Å². The van der Waals surface area contributed by atoms with Gasteiger partial charge in [-0.2, -0.15) is 18.3 Å². The Bertz CT molecular complexity index is 810. The Balaban J connectivity index is 2.13. The molecular formula is C18H19F3N2O3. The summed E-state index contributed by atoms with van der Waals surface area (Å²) in [6.07, 6.45) is 0.0822. The Hall–Kier alpha value is -2.61. The van der Waals surface area contributed by atoms with Crippen LogP contribution in [0.3, 0.4) is 0 Å². The normalized spacial score (nSPS) is 11.9. The summed E-state index contributed by atoms with van der Waals surface area (Å²) in [6.45, 7) is 0.201. The zero-order chi connectivity index (χ0) is 19.3. The van der Waals surface area contributed by atoms with E-state index < -0.39 is 12.8 Å². The van der Waals surface area contributed by atoms with Crippen LogP contribution >= 0.6 is 0 Å². The SMILES string of the molecule is COc1ccc(/C=C/C(=O)c2cnn(C)c2C)cc1COCC(F)(F)F. The number of hydrogen-bond acceptors (Lipinski definition) is 4. The lowest BCUT2D eigenvalue weighted by atomic mass is 10.1. The Morgan fingerprint density at radius 3 is 2.65 bits per heavy atom. The van der Waals surface area contributed by atoms with Gasteiger partial charge in [0, 0.05) is 18.3 Å². The van der Waals surface area contributed by atoms with Crippen LogP contribution in [0.2, 0.25) is 0 Å². The number of hydrogen-bond donors (Lipinski definition) is 0. The summed E-state index contributed by atoms with van der Waals surface area (Å²) >= 11 is 0. The molecule has 0 atom stereocenters. The smallest absolute Gasteiger partial charge is 0.411 e. The average Bonchev–Trinajstić information content (AvgIpc) is 2.91. The maximum absolute atomic E-state index is 12.2. The molecule has 140 valence electrons. The molecule has 0 saturated carbocycles. The fraction of sp³-hybridized carbons (Fsp3) is 0.333. The van der Waals surface area contributed by atoms with E-state index in [4.69, 9.17) is 4.74 Å². The summed E-state index contributed by atoms with van der Waals surface area (Å²) in [6, 6.07) is 4.94. The molecule has 2 aromatic rings. The molecule has 0 aliphatic carbocycles. The molecule has 5 nitrogen and oxygen atoms in total. The van der Waals surface area contributed by atoms with E-state index in [2.05, 4.69) is 9.84 Å². The monoisotopic (exact) mass is 368 g/mol. The van der Waals surface area contributed by atoms with Gasteiger partial charge < -0.3 is 9.47 Å². The van der Waals surface area contributed by atoms with Crippen molar-refractivity contribution in [3.8, 4) is 5.75 Å². The summed E-state index contributed by atoms with van der Waals surface area (Å²) in [4.78, 5) is 12.2. The molecule has 2 rings (SSSR count). The van der Waals surface area contributed by atoms with Crippen molar-refractivity contribution in [1.29, 1.82) is 0 Å². The third-order valence-corrected chi connectivity index (χ3v) is 3.76. The van der Waals surface area contributed by atoms with Gasteiger partial charge in [0.2, 0.25) is 0 Å². The Morgan fingerprint density at radius 2 is 2.08 bits per heavy atom. The van der Waals surface area contributed by atoms with Crippen LogP contribution in [0.1, 0.15) is 27.2 Å². The molecule has 0 radical (unpaired) electrons. The van der Waals surface area contributed by atoms with Gasteiger partial charge in [0.15, 0.2) is 5.78 Å². The van der Waals surface area contributed by atoms with Crippen molar-refractivity contribution >= 4 is 11.9 Å². The first-order valence-corrected chi connectivity index (χ1v) is 7.73. The van der Waals surface area contributed by atoms with E-state index >= 15 is 0 Å². The zero-order valence-corrected chi connectivity index (χ0v) is 14.6. The molecule has 0 spiro atoms. The number of methoxy groups -OCH3 is 1. The minimum atomic E-state index is -4.39. The summed E-state index contributed by atoms with van der Waals surface area (Å²) in [5, 5.41) is 4.02. The van der Waals surface area contributed by atoms with E-state index in [1.54, 1.807) is 42.9 Å². The van der Waals surface area contributed by atoms with Crippen molar-refractivity contribution < 1.29 is 27.4 Å². The quantitative estimate of drug-likeness (QED) is 0.552. The molecule has 0 N–H and O–H groups in total. The Kier molecular flexibility index (Phi) is 6.20. The average molecular weight is 368 g/mol. The number of ether oxygens (including phenoxy) is 2. The summed E-state index contributed by atoms with van der Waals surface area (Å²) < 4.78 is 48.1. The predicted octanol–water partition coefficient (Wildman–Crippen LogP) is 3.71. The Labute approximate surface area is 149 Å². The molecule has 0 bridgehead atoms. The van der Waals surface area contributed by atoms with Gasteiger partial charge in [-0.05, 0) is 30.7 Å². The fourth-order valence-electron chi connectivity index (χ4n) is 2.29. The largest absolute Gasteiger partial charge is 0.496 e. The maximum Gasteiger partial charge on any atom is 0.411 e. The number of rotatable bonds is 7. The highest BCUT2D eigenvalue weighted by Crippen LogP contribution is 2.23. The van der Waals surface area contributed by atoms with Crippen molar-refractivity contribution in [1.82, 2.24) is 9.78 Å². The number of benzene rings is 1. The predicted molar refractivity (Wildman–Crippen MR) is 90.0 cm³/mol. The van der Waals surface area contributed by atoms with Crippen LogP contribution in [-0.2, 0) is 18.4 Å². The van der Waals surface area contributed by atoms with Gasteiger partial charge in [-0.25, -0.2) is 0 Å². The van der Waals surface area contributed by atoms with E-state index in [1.807, 2.05) is 0 Å². The summed E-state index contributed by atoms with van der Waals surface area (Å²) in [5.74, 6) is 0.208. The molecule has 1 aromatic heterocycles. The second-order valence-electron chi connectivity index (χ2n) is 5.64. The van der Waals surface area contributed by atoms with Crippen LogP contribution in [0.15, 0.2) is 30.5 Å². The van der Waals surface area contributed by atoms with Crippen LogP contribution in [0.4, 0.5) is 13.2 Å². The molecule has 0 saturated heterocycles. The van der Waals surface area contributed by atoms with Crippen molar-refractivity contribution in [2.45, 2.75) is 19.7 Å². The highest BCUT2D eigenvalue weighted by Gasteiger charge is 2.27. The van der Waals surface area contributed by atoms with E-state index in [1.165, 1.54) is 19.4 Å². The van der Waals surface area contributed by atoms with Crippen molar-refractivity contribution in [2.24, 2.45) is 7.05 Å². The van der Waals surface area contributed by atoms with Crippen LogP contribution in [-0.4, -0.2) is 35.5 Å². The van der Waals surface area contributed by atoms with Gasteiger partial charge in [0.1, 0.15) is 12.4 Å². The first-order chi connectivity index (χ1) is 12.2. The van der Waals surface area contributed by atoms with Crippen molar-refractivity contribution in [3.63, 3.8) is 0 Å². The molecule has 0 amide bonds. The topological polar surface area (TPSA) is 53.3 Å². The first-order valence-electron chi connectivity index (χ1n) is 7.73. The minimum Gasteiger partial charge on any atom is -0.496 e. The molecule has 1 heterocycles. The van der Waals surface area contributed by atoms with Gasteiger partial charge in [-0.3, -0.25) is 9.48 Å². The number of aromatic nitrogens is 2.